The summed E-state index contributed by atoms with van der Waals surface area (Å²) >= 11 is 0. The fraction of sp³-hybridized carbons (Fsp3) is 0.500. The van der Waals surface area contributed by atoms with Crippen LogP contribution in [0.15, 0.2) is 30.3 Å². The monoisotopic (exact) mass is 487 g/mol. The normalized spacial score (nSPS) is 23.1. The third kappa shape index (κ3) is 4.99. The predicted octanol–water partition coefficient (Wildman–Crippen LogP) is 4.72. The molecule has 3 atom stereocenters. The Bertz CT molecular complexity index is 1270. The Kier molecular flexibility index (Phi) is 7.30. The van der Waals surface area contributed by atoms with E-state index in [0.717, 1.165) is 61.4 Å². The van der Waals surface area contributed by atoms with E-state index in [-0.39, 0.29) is 12.0 Å². The van der Waals surface area contributed by atoms with E-state index in [0.29, 0.717) is 42.0 Å². The van der Waals surface area contributed by atoms with Crippen LogP contribution in [0.1, 0.15) is 50.3 Å². The van der Waals surface area contributed by atoms with Gasteiger partial charge in [0.25, 0.3) is 0 Å². The molecule has 2 aliphatic rings. The standard InChI is InChI=1S/C28H33N5O3/c1-18-4-5-20(10-12-35-16-18)26-23-7-8-24(21-6-9-25(34-3)22(14-21)15-29)30-27(23)32-28(31-26)33-11-13-36-17-19(33)2/h6-9,14,18-20H,4-5,10-13,16-17H2,1-3H3/t18-,19+,20?/m1/s1. The van der Waals surface area contributed by atoms with Crippen molar-refractivity contribution in [2.75, 3.05) is 45.0 Å². The molecule has 0 amide bonds. The molecule has 188 valence electrons. The number of morpholine rings is 1. The highest BCUT2D eigenvalue weighted by Crippen LogP contribution is 2.35. The van der Waals surface area contributed by atoms with Gasteiger partial charge in [0, 0.05) is 36.6 Å². The van der Waals surface area contributed by atoms with Crippen LogP contribution in [0.4, 0.5) is 5.95 Å². The fourth-order valence-electron chi connectivity index (χ4n) is 5.10. The zero-order valence-corrected chi connectivity index (χ0v) is 21.2. The summed E-state index contributed by atoms with van der Waals surface area (Å²) < 4.78 is 16.9. The predicted molar refractivity (Wildman–Crippen MR) is 138 cm³/mol. The lowest BCUT2D eigenvalue weighted by molar-refractivity contribution is 0.0809. The summed E-state index contributed by atoms with van der Waals surface area (Å²) in [6.07, 6.45) is 3.11. The quantitative estimate of drug-likeness (QED) is 0.522. The number of ether oxygens (including phenoxy) is 3. The van der Waals surface area contributed by atoms with Gasteiger partial charge in [0.2, 0.25) is 5.95 Å². The van der Waals surface area contributed by atoms with Crippen LogP contribution in [0.3, 0.4) is 0 Å². The number of hydrogen-bond donors (Lipinski definition) is 0. The number of aromatic nitrogens is 3. The minimum absolute atomic E-state index is 0.188. The van der Waals surface area contributed by atoms with Crippen molar-refractivity contribution in [1.29, 1.82) is 5.26 Å². The van der Waals surface area contributed by atoms with Gasteiger partial charge >= 0.3 is 0 Å². The van der Waals surface area contributed by atoms with Gasteiger partial charge in [0.05, 0.1) is 43.3 Å². The van der Waals surface area contributed by atoms with Crippen LogP contribution in [0.5, 0.6) is 5.75 Å². The van der Waals surface area contributed by atoms with E-state index < -0.39 is 0 Å². The number of methoxy groups -OCH3 is 1. The second-order valence-corrected chi connectivity index (χ2v) is 9.86. The number of anilines is 1. The summed E-state index contributed by atoms with van der Waals surface area (Å²) in [5.41, 5.74) is 3.83. The van der Waals surface area contributed by atoms with Crippen molar-refractivity contribution >= 4 is 17.0 Å². The van der Waals surface area contributed by atoms with Crippen LogP contribution in [-0.4, -0.2) is 61.1 Å². The molecule has 2 fully saturated rings. The molecule has 4 heterocycles. The minimum atomic E-state index is 0.188. The summed E-state index contributed by atoms with van der Waals surface area (Å²) in [7, 11) is 1.57. The summed E-state index contributed by atoms with van der Waals surface area (Å²) in [4.78, 5) is 17.3. The van der Waals surface area contributed by atoms with Crippen molar-refractivity contribution in [2.24, 2.45) is 5.92 Å². The maximum Gasteiger partial charge on any atom is 0.228 e. The average Bonchev–Trinajstić information content (AvgIpc) is 2.90. The lowest BCUT2D eigenvalue weighted by atomic mass is 9.89. The lowest BCUT2D eigenvalue weighted by Gasteiger charge is -2.34. The Balaban J connectivity index is 1.61. The van der Waals surface area contributed by atoms with Crippen molar-refractivity contribution in [2.45, 2.75) is 45.1 Å². The molecular formula is C28H33N5O3. The molecule has 2 saturated heterocycles. The van der Waals surface area contributed by atoms with Crippen molar-refractivity contribution < 1.29 is 14.2 Å². The molecule has 1 aromatic carbocycles. The highest BCUT2D eigenvalue weighted by atomic mass is 16.5. The molecule has 3 aromatic rings. The van der Waals surface area contributed by atoms with Gasteiger partial charge in [-0.2, -0.15) is 10.2 Å². The molecule has 0 spiro atoms. The van der Waals surface area contributed by atoms with Crippen LogP contribution >= 0.6 is 0 Å². The topological polar surface area (TPSA) is 93.4 Å². The third-order valence-electron chi connectivity index (χ3n) is 7.23. The number of fused-ring (bicyclic) bond motifs is 1. The summed E-state index contributed by atoms with van der Waals surface area (Å²) in [6.45, 7) is 8.01. The number of nitriles is 1. The van der Waals surface area contributed by atoms with Gasteiger partial charge in [-0.3, -0.25) is 0 Å². The second kappa shape index (κ2) is 10.8. The Morgan fingerprint density at radius 2 is 1.86 bits per heavy atom. The van der Waals surface area contributed by atoms with Gasteiger partial charge in [-0.1, -0.05) is 6.92 Å². The summed E-state index contributed by atoms with van der Waals surface area (Å²) in [6, 6.07) is 12.0. The zero-order chi connectivity index (χ0) is 25.1. The van der Waals surface area contributed by atoms with Crippen LogP contribution < -0.4 is 9.64 Å². The zero-order valence-electron chi connectivity index (χ0n) is 21.2. The molecule has 2 aromatic heterocycles. The Morgan fingerprint density at radius 1 is 1.00 bits per heavy atom. The highest BCUT2D eigenvalue weighted by Gasteiger charge is 2.26. The van der Waals surface area contributed by atoms with E-state index in [1.54, 1.807) is 7.11 Å². The van der Waals surface area contributed by atoms with Gasteiger partial charge < -0.3 is 19.1 Å². The first-order valence-corrected chi connectivity index (χ1v) is 12.8. The van der Waals surface area contributed by atoms with E-state index >= 15 is 0 Å². The van der Waals surface area contributed by atoms with Crippen molar-refractivity contribution in [3.05, 3.63) is 41.6 Å². The Labute approximate surface area is 212 Å². The first kappa shape index (κ1) is 24.4. The molecule has 36 heavy (non-hydrogen) atoms. The van der Waals surface area contributed by atoms with Gasteiger partial charge in [-0.15, -0.1) is 0 Å². The summed E-state index contributed by atoms with van der Waals surface area (Å²) in [5, 5.41) is 10.5. The van der Waals surface area contributed by atoms with E-state index in [4.69, 9.17) is 29.2 Å². The Morgan fingerprint density at radius 3 is 2.67 bits per heavy atom. The smallest absolute Gasteiger partial charge is 0.228 e. The molecular weight excluding hydrogens is 454 g/mol. The van der Waals surface area contributed by atoms with Crippen LogP contribution in [-0.2, 0) is 9.47 Å². The largest absolute Gasteiger partial charge is 0.495 e. The van der Waals surface area contributed by atoms with Crippen LogP contribution in [0, 0.1) is 17.2 Å². The van der Waals surface area contributed by atoms with Gasteiger partial charge in [0.15, 0.2) is 5.65 Å². The van der Waals surface area contributed by atoms with Crippen LogP contribution in [0.25, 0.3) is 22.3 Å². The first-order valence-electron chi connectivity index (χ1n) is 12.8. The number of hydrogen-bond acceptors (Lipinski definition) is 8. The maximum atomic E-state index is 9.54. The van der Waals surface area contributed by atoms with E-state index in [1.165, 1.54) is 0 Å². The average molecular weight is 488 g/mol. The maximum absolute atomic E-state index is 9.54. The minimum Gasteiger partial charge on any atom is -0.495 e. The van der Waals surface area contributed by atoms with Gasteiger partial charge in [-0.25, -0.2) is 9.97 Å². The molecule has 0 bridgehead atoms. The van der Waals surface area contributed by atoms with Crippen molar-refractivity contribution in [3.8, 4) is 23.1 Å². The molecule has 0 radical (unpaired) electrons. The SMILES string of the molecule is COc1ccc(-c2ccc3c(C4CCOC[C@H](C)CC4)nc(N4CCOC[C@@H]4C)nc3n2)cc1C#N. The van der Waals surface area contributed by atoms with E-state index in [1.807, 2.05) is 24.3 Å². The molecule has 0 saturated carbocycles. The number of pyridine rings is 1. The van der Waals surface area contributed by atoms with E-state index in [2.05, 4.69) is 30.9 Å². The molecule has 0 aliphatic carbocycles. The highest BCUT2D eigenvalue weighted by molar-refractivity contribution is 5.82. The molecule has 0 N–H and O–H groups in total. The first-order chi connectivity index (χ1) is 17.6. The number of benzene rings is 1. The van der Waals surface area contributed by atoms with Crippen molar-refractivity contribution in [1.82, 2.24) is 15.0 Å². The van der Waals surface area contributed by atoms with Crippen LogP contribution in [0.2, 0.25) is 0 Å². The number of nitrogens with zero attached hydrogens (tertiary/aromatic N) is 5. The molecule has 1 unspecified atom stereocenters. The second-order valence-electron chi connectivity index (χ2n) is 9.86. The molecule has 2 aliphatic heterocycles. The molecule has 5 rings (SSSR count). The molecule has 8 nitrogen and oxygen atoms in total. The fourth-order valence-corrected chi connectivity index (χ4v) is 5.10. The summed E-state index contributed by atoms with van der Waals surface area (Å²) in [5.74, 6) is 2.08. The van der Waals surface area contributed by atoms with Gasteiger partial charge in [0.1, 0.15) is 11.8 Å². The van der Waals surface area contributed by atoms with Gasteiger partial charge in [-0.05, 0) is 62.4 Å². The lowest BCUT2D eigenvalue weighted by Crippen LogP contribution is -2.44. The number of rotatable bonds is 4. The van der Waals surface area contributed by atoms with E-state index in [9.17, 15) is 5.26 Å². The van der Waals surface area contributed by atoms with Crippen molar-refractivity contribution in [3.63, 3.8) is 0 Å². The third-order valence-corrected chi connectivity index (χ3v) is 7.23. The molecule has 8 heteroatoms. The Hall–Kier alpha value is -3.28.